The van der Waals surface area contributed by atoms with Gasteiger partial charge in [-0.2, -0.15) is 13.2 Å². The van der Waals surface area contributed by atoms with Crippen molar-refractivity contribution in [1.82, 2.24) is 0 Å². The Morgan fingerprint density at radius 1 is 1.22 bits per heavy atom. The first-order valence-corrected chi connectivity index (χ1v) is 7.36. The molecule has 0 atom stereocenters. The number of methoxy groups -OCH3 is 2. The molecule has 0 aromatic heterocycles. The zero-order valence-electron chi connectivity index (χ0n) is 13.4. The number of rotatable bonds is 3. The van der Waals surface area contributed by atoms with Crippen LogP contribution < -0.4 is 9.64 Å². The molecule has 2 rings (SSSR count). The first-order valence-electron chi connectivity index (χ1n) is 7.36. The smallest absolute Gasteiger partial charge is 0.391 e. The number of carbonyl (C=O) groups excluding carboxylic acids is 1. The van der Waals surface area contributed by atoms with E-state index in [1.54, 1.807) is 12.1 Å². The minimum atomic E-state index is -4.15. The van der Waals surface area contributed by atoms with Crippen molar-refractivity contribution < 1.29 is 27.4 Å². The normalized spacial score (nSPS) is 16.3. The molecule has 0 saturated carbocycles. The third kappa shape index (κ3) is 3.71. The summed E-state index contributed by atoms with van der Waals surface area (Å²) in [5.74, 6) is -1.25. The molecule has 0 radical (unpaired) electrons. The van der Waals surface area contributed by atoms with Crippen LogP contribution in [0, 0.1) is 12.8 Å². The van der Waals surface area contributed by atoms with Gasteiger partial charge in [0.1, 0.15) is 5.75 Å². The van der Waals surface area contributed by atoms with Crippen LogP contribution in [-0.2, 0) is 4.74 Å². The minimum absolute atomic E-state index is 0.0493. The molecule has 128 valence electrons. The van der Waals surface area contributed by atoms with Crippen molar-refractivity contribution in [1.29, 1.82) is 0 Å². The number of esters is 1. The highest BCUT2D eigenvalue weighted by Gasteiger charge is 2.41. The fourth-order valence-corrected chi connectivity index (χ4v) is 2.90. The molecule has 0 spiro atoms. The number of benzene rings is 1. The third-order valence-corrected chi connectivity index (χ3v) is 4.27. The van der Waals surface area contributed by atoms with E-state index in [0.717, 1.165) is 5.56 Å². The summed E-state index contributed by atoms with van der Waals surface area (Å²) in [4.78, 5) is 13.6. The van der Waals surface area contributed by atoms with Crippen LogP contribution in [0.3, 0.4) is 0 Å². The van der Waals surface area contributed by atoms with E-state index in [1.165, 1.54) is 14.2 Å². The van der Waals surface area contributed by atoms with Crippen molar-refractivity contribution in [2.24, 2.45) is 5.92 Å². The minimum Gasteiger partial charge on any atom is -0.496 e. The van der Waals surface area contributed by atoms with E-state index in [4.69, 9.17) is 9.47 Å². The second kappa shape index (κ2) is 6.68. The van der Waals surface area contributed by atoms with Gasteiger partial charge in [-0.25, -0.2) is 4.79 Å². The third-order valence-electron chi connectivity index (χ3n) is 4.27. The van der Waals surface area contributed by atoms with Gasteiger partial charge in [-0.1, -0.05) is 0 Å². The molecule has 1 heterocycles. The van der Waals surface area contributed by atoms with Crippen LogP contribution in [0.5, 0.6) is 5.75 Å². The Morgan fingerprint density at radius 2 is 1.83 bits per heavy atom. The summed E-state index contributed by atoms with van der Waals surface area (Å²) in [6.07, 6.45) is -4.05. The Kier molecular flexibility index (Phi) is 5.06. The molecule has 4 nitrogen and oxygen atoms in total. The first kappa shape index (κ1) is 17.4. The molecule has 0 bridgehead atoms. The second-order valence-electron chi connectivity index (χ2n) is 5.62. The quantitative estimate of drug-likeness (QED) is 0.794. The summed E-state index contributed by atoms with van der Waals surface area (Å²) < 4.78 is 48.3. The monoisotopic (exact) mass is 331 g/mol. The Balaban J connectivity index is 2.27. The molecule has 23 heavy (non-hydrogen) atoms. The van der Waals surface area contributed by atoms with Crippen molar-refractivity contribution in [2.45, 2.75) is 25.9 Å². The lowest BCUT2D eigenvalue weighted by atomic mass is 9.95. The average molecular weight is 331 g/mol. The molecule has 1 aromatic carbocycles. The summed E-state index contributed by atoms with van der Waals surface area (Å²) in [5.41, 5.74) is 1.83. The van der Waals surface area contributed by atoms with Gasteiger partial charge in [0.15, 0.2) is 0 Å². The lowest BCUT2D eigenvalue weighted by molar-refractivity contribution is -0.179. The van der Waals surface area contributed by atoms with Crippen LogP contribution in [0.4, 0.5) is 18.9 Å². The highest BCUT2D eigenvalue weighted by molar-refractivity contribution is 5.91. The number of nitrogens with zero attached hydrogens (tertiary/aromatic N) is 1. The molecule has 1 aromatic rings. The molecule has 1 aliphatic heterocycles. The topological polar surface area (TPSA) is 38.8 Å². The number of piperidine rings is 1. The van der Waals surface area contributed by atoms with Gasteiger partial charge in [0.25, 0.3) is 0 Å². The van der Waals surface area contributed by atoms with E-state index < -0.39 is 18.1 Å². The maximum Gasteiger partial charge on any atom is 0.391 e. The fraction of sp³-hybridized carbons (Fsp3) is 0.562. The van der Waals surface area contributed by atoms with Gasteiger partial charge in [0.05, 0.1) is 25.7 Å². The molecule has 0 aliphatic carbocycles. The molecular weight excluding hydrogens is 311 g/mol. The summed E-state index contributed by atoms with van der Waals surface area (Å²) in [6.45, 7) is 2.41. The van der Waals surface area contributed by atoms with E-state index in [1.807, 2.05) is 11.8 Å². The maximum absolute atomic E-state index is 12.8. The van der Waals surface area contributed by atoms with Crippen molar-refractivity contribution in [3.63, 3.8) is 0 Å². The summed E-state index contributed by atoms with van der Waals surface area (Å²) in [6, 6.07) is 3.23. The van der Waals surface area contributed by atoms with Gasteiger partial charge in [-0.05, 0) is 31.9 Å². The highest BCUT2D eigenvalue weighted by Crippen LogP contribution is 2.38. The Morgan fingerprint density at radius 3 is 2.30 bits per heavy atom. The van der Waals surface area contributed by atoms with Crippen molar-refractivity contribution in [3.8, 4) is 5.75 Å². The molecule has 0 N–H and O–H groups in total. The van der Waals surface area contributed by atoms with Crippen molar-refractivity contribution >= 4 is 11.7 Å². The average Bonchev–Trinajstić information content (AvgIpc) is 2.53. The number of carbonyl (C=O) groups is 1. The Labute approximate surface area is 133 Å². The van der Waals surface area contributed by atoms with E-state index in [9.17, 15) is 18.0 Å². The Bertz CT molecular complexity index is 579. The molecule has 1 saturated heterocycles. The fourth-order valence-electron chi connectivity index (χ4n) is 2.90. The van der Waals surface area contributed by atoms with E-state index in [0.29, 0.717) is 30.1 Å². The van der Waals surface area contributed by atoms with Crippen LogP contribution in [0.15, 0.2) is 12.1 Å². The summed E-state index contributed by atoms with van der Waals surface area (Å²) in [5, 5.41) is 0. The predicted molar refractivity (Wildman–Crippen MR) is 80.1 cm³/mol. The van der Waals surface area contributed by atoms with Crippen LogP contribution in [0.2, 0.25) is 0 Å². The number of hydrogen-bond donors (Lipinski definition) is 0. The van der Waals surface area contributed by atoms with Gasteiger partial charge >= 0.3 is 12.1 Å². The largest absolute Gasteiger partial charge is 0.496 e. The first-order chi connectivity index (χ1) is 10.8. The van der Waals surface area contributed by atoms with Crippen molar-refractivity contribution in [2.75, 3.05) is 32.2 Å². The molecule has 0 unspecified atom stereocenters. The van der Waals surface area contributed by atoms with Gasteiger partial charge < -0.3 is 14.4 Å². The second-order valence-corrected chi connectivity index (χ2v) is 5.62. The van der Waals surface area contributed by atoms with Gasteiger partial charge in [0.2, 0.25) is 0 Å². The molecular formula is C16H20F3NO3. The highest BCUT2D eigenvalue weighted by atomic mass is 19.4. The lowest BCUT2D eigenvalue weighted by Crippen LogP contribution is -2.39. The van der Waals surface area contributed by atoms with Crippen molar-refractivity contribution in [3.05, 3.63) is 23.3 Å². The number of anilines is 1. The molecule has 1 aliphatic rings. The molecule has 7 heteroatoms. The van der Waals surface area contributed by atoms with Gasteiger partial charge in [-0.15, -0.1) is 0 Å². The number of alkyl halides is 3. The van der Waals surface area contributed by atoms with Gasteiger partial charge in [0, 0.05) is 24.3 Å². The van der Waals surface area contributed by atoms with E-state index in [-0.39, 0.29) is 12.8 Å². The zero-order chi connectivity index (χ0) is 17.2. The zero-order valence-corrected chi connectivity index (χ0v) is 13.4. The number of halogens is 3. The summed E-state index contributed by atoms with van der Waals surface area (Å²) in [7, 11) is 2.77. The number of hydrogen-bond acceptors (Lipinski definition) is 4. The molecule has 1 fully saturated rings. The molecule has 0 amide bonds. The predicted octanol–water partition coefficient (Wildman–Crippen LogP) is 3.57. The van der Waals surface area contributed by atoms with Gasteiger partial charge in [-0.3, -0.25) is 0 Å². The van der Waals surface area contributed by atoms with Crippen LogP contribution in [0.25, 0.3) is 0 Å². The van der Waals surface area contributed by atoms with Crippen LogP contribution >= 0.6 is 0 Å². The lowest BCUT2D eigenvalue weighted by Gasteiger charge is -2.35. The van der Waals surface area contributed by atoms with E-state index >= 15 is 0 Å². The van der Waals surface area contributed by atoms with Crippen LogP contribution in [0.1, 0.15) is 28.8 Å². The SMILES string of the molecule is COC(=O)c1cc(OC)c(C)c(N2CCC(C(F)(F)F)CC2)c1. The van der Waals surface area contributed by atoms with E-state index in [2.05, 4.69) is 0 Å². The van der Waals surface area contributed by atoms with Crippen LogP contribution in [-0.4, -0.2) is 39.5 Å². The Hall–Kier alpha value is -1.92. The summed E-state index contributed by atoms with van der Waals surface area (Å²) >= 11 is 0. The maximum atomic E-state index is 12.8. The standard InChI is InChI=1S/C16H20F3NO3/c1-10-13(8-11(15(21)23-3)9-14(10)22-2)20-6-4-12(5-7-20)16(17,18)19/h8-9,12H,4-7H2,1-3H3. The number of ether oxygens (including phenoxy) is 2.